The Kier molecular flexibility index (Phi) is 1.13. The second kappa shape index (κ2) is 1.63. The molecule has 1 aliphatic rings. The van der Waals surface area contributed by atoms with Crippen LogP contribution in [0, 0.1) is 19.3 Å². The normalized spacial score (nSPS) is 25.5. The molecule has 0 aromatic rings. The molecule has 0 saturated heterocycles. The summed E-state index contributed by atoms with van der Waals surface area (Å²) in [5.41, 5.74) is 0. The van der Waals surface area contributed by atoms with Gasteiger partial charge < -0.3 is 0 Å². The molecule has 0 aliphatic heterocycles. The van der Waals surface area contributed by atoms with Crippen LogP contribution in [0.15, 0.2) is 0 Å². The van der Waals surface area contributed by atoms with E-state index in [0.29, 0.717) is 0 Å². The molecule has 0 aromatic heterocycles. The first kappa shape index (κ1) is 4.17. The zero-order valence-corrected chi connectivity index (χ0v) is 3.98. The van der Waals surface area contributed by atoms with Gasteiger partial charge in [0, 0.05) is 0 Å². The van der Waals surface area contributed by atoms with E-state index in [1.54, 1.807) is 0 Å². The molecule has 34 valence electrons. The fourth-order valence-electron chi connectivity index (χ4n) is 0.825. The molecule has 0 nitrogen and oxygen atoms in total. The summed E-state index contributed by atoms with van der Waals surface area (Å²) in [5, 5.41) is 0. The summed E-state index contributed by atoms with van der Waals surface area (Å²) >= 11 is 0. The maximum atomic E-state index is 3.91. The molecule has 0 spiro atoms. The van der Waals surface area contributed by atoms with Gasteiger partial charge in [-0.3, -0.25) is 0 Å². The third kappa shape index (κ3) is 0.735. The quantitative estimate of drug-likeness (QED) is 0.418. The van der Waals surface area contributed by atoms with Crippen molar-refractivity contribution in [3.63, 3.8) is 0 Å². The second-order valence-corrected chi connectivity index (χ2v) is 1.97. The Morgan fingerprint density at radius 1 is 1.67 bits per heavy atom. The molecule has 0 N–H and O–H groups in total. The fraction of sp³-hybridized carbons (Fsp3) is 0.667. The molecular weight excluding hydrogens is 72.1 g/mol. The average Bonchev–Trinajstić information content (AvgIpc) is 1.86. The smallest absolute Gasteiger partial charge is 0.0383 e. The zero-order valence-electron chi connectivity index (χ0n) is 3.98. The van der Waals surface area contributed by atoms with Crippen molar-refractivity contribution < 1.29 is 0 Å². The summed E-state index contributed by atoms with van der Waals surface area (Å²) < 4.78 is 0. The molecule has 0 bridgehead atoms. The van der Waals surface area contributed by atoms with E-state index in [1.807, 2.05) is 0 Å². The summed E-state index contributed by atoms with van der Waals surface area (Å²) in [6, 6.07) is 0. The van der Waals surface area contributed by atoms with Crippen molar-refractivity contribution in [2.24, 2.45) is 5.92 Å². The number of hydrogen-bond donors (Lipinski definition) is 0. The van der Waals surface area contributed by atoms with Gasteiger partial charge in [0.05, 0.1) is 0 Å². The summed E-state index contributed by atoms with van der Waals surface area (Å²) in [4.78, 5) is 0. The fourth-order valence-corrected chi connectivity index (χ4v) is 0.825. The van der Waals surface area contributed by atoms with Crippen LogP contribution in [0.3, 0.4) is 0 Å². The molecular formula is C6H10. The SMILES string of the molecule is [CH2]C1C[CH]CC1. The predicted octanol–water partition coefficient (Wildman–Crippen LogP) is 1.82. The van der Waals surface area contributed by atoms with Crippen molar-refractivity contribution >= 4 is 0 Å². The van der Waals surface area contributed by atoms with Crippen LogP contribution in [-0.4, -0.2) is 0 Å². The summed E-state index contributed by atoms with van der Waals surface area (Å²) in [6.45, 7) is 3.91. The minimum absolute atomic E-state index is 0.741. The Balaban J connectivity index is 2.18. The summed E-state index contributed by atoms with van der Waals surface area (Å²) in [7, 11) is 0. The number of hydrogen-bond acceptors (Lipinski definition) is 0. The molecule has 6 heavy (non-hydrogen) atoms. The lowest BCUT2D eigenvalue weighted by molar-refractivity contribution is 0.689. The van der Waals surface area contributed by atoms with Gasteiger partial charge in [0.25, 0.3) is 0 Å². The maximum absolute atomic E-state index is 3.91. The van der Waals surface area contributed by atoms with Crippen LogP contribution in [0.25, 0.3) is 0 Å². The topological polar surface area (TPSA) is 0 Å². The molecule has 1 rings (SSSR count). The van der Waals surface area contributed by atoms with Gasteiger partial charge >= 0.3 is 0 Å². The largest absolute Gasteiger partial charge is 0.0502 e. The first-order chi connectivity index (χ1) is 2.89. The van der Waals surface area contributed by atoms with Crippen molar-refractivity contribution in [1.29, 1.82) is 0 Å². The minimum Gasteiger partial charge on any atom is -0.0502 e. The molecule has 2 radical (unpaired) electrons. The van der Waals surface area contributed by atoms with Crippen LogP contribution in [0.2, 0.25) is 0 Å². The van der Waals surface area contributed by atoms with Crippen molar-refractivity contribution in [2.45, 2.75) is 19.3 Å². The van der Waals surface area contributed by atoms with E-state index in [9.17, 15) is 0 Å². The minimum atomic E-state index is 0.741. The highest BCUT2D eigenvalue weighted by Crippen LogP contribution is 2.21. The Bertz CT molecular complexity index is 33.3. The Labute approximate surface area is 39.6 Å². The molecule has 0 amide bonds. The van der Waals surface area contributed by atoms with Gasteiger partial charge in [-0.05, 0) is 25.2 Å². The highest BCUT2D eigenvalue weighted by Gasteiger charge is 2.07. The van der Waals surface area contributed by atoms with Crippen LogP contribution in [0.5, 0.6) is 0 Å². The standard InChI is InChI=1S/C6H10/c1-6-4-2-3-5-6/h2,6H,1,3-5H2. The van der Waals surface area contributed by atoms with E-state index >= 15 is 0 Å². The van der Waals surface area contributed by atoms with Crippen LogP contribution in [0.1, 0.15) is 19.3 Å². The first-order valence-electron chi connectivity index (χ1n) is 2.54. The average molecular weight is 82.1 g/mol. The zero-order chi connectivity index (χ0) is 4.41. The van der Waals surface area contributed by atoms with E-state index < -0.39 is 0 Å². The predicted molar refractivity (Wildman–Crippen MR) is 27.0 cm³/mol. The van der Waals surface area contributed by atoms with Gasteiger partial charge in [0.2, 0.25) is 0 Å². The monoisotopic (exact) mass is 82.1 g/mol. The molecule has 1 unspecified atom stereocenters. The van der Waals surface area contributed by atoms with Crippen molar-refractivity contribution in [2.75, 3.05) is 0 Å². The van der Waals surface area contributed by atoms with Crippen LogP contribution in [-0.2, 0) is 0 Å². The van der Waals surface area contributed by atoms with Gasteiger partial charge in [0.1, 0.15) is 0 Å². The molecule has 1 saturated carbocycles. The second-order valence-electron chi connectivity index (χ2n) is 1.97. The van der Waals surface area contributed by atoms with Crippen LogP contribution >= 0.6 is 0 Å². The Hall–Kier alpha value is 0. The molecule has 0 heterocycles. The summed E-state index contributed by atoms with van der Waals surface area (Å²) in [6.07, 6.45) is 6.19. The van der Waals surface area contributed by atoms with Gasteiger partial charge in [-0.2, -0.15) is 0 Å². The molecule has 1 aliphatic carbocycles. The van der Waals surface area contributed by atoms with Crippen molar-refractivity contribution in [3.05, 3.63) is 13.3 Å². The first-order valence-corrected chi connectivity index (χ1v) is 2.54. The Morgan fingerprint density at radius 2 is 2.50 bits per heavy atom. The molecule has 1 fully saturated rings. The van der Waals surface area contributed by atoms with E-state index in [-0.39, 0.29) is 0 Å². The van der Waals surface area contributed by atoms with Crippen LogP contribution < -0.4 is 0 Å². The van der Waals surface area contributed by atoms with Crippen molar-refractivity contribution in [1.82, 2.24) is 0 Å². The lowest BCUT2D eigenvalue weighted by Crippen LogP contribution is -1.79. The Morgan fingerprint density at radius 3 is 2.67 bits per heavy atom. The maximum Gasteiger partial charge on any atom is -0.0383 e. The molecule has 1 atom stereocenters. The molecule has 0 aromatic carbocycles. The van der Waals surface area contributed by atoms with Gasteiger partial charge in [-0.1, -0.05) is 13.3 Å². The highest BCUT2D eigenvalue weighted by molar-refractivity contribution is 4.81. The third-order valence-electron chi connectivity index (χ3n) is 1.28. The third-order valence-corrected chi connectivity index (χ3v) is 1.28. The van der Waals surface area contributed by atoms with Gasteiger partial charge in [-0.15, -0.1) is 0 Å². The lowest BCUT2D eigenvalue weighted by Gasteiger charge is -1.91. The molecule has 0 heteroatoms. The van der Waals surface area contributed by atoms with E-state index in [1.165, 1.54) is 19.3 Å². The number of rotatable bonds is 0. The summed E-state index contributed by atoms with van der Waals surface area (Å²) in [5.74, 6) is 0.741. The van der Waals surface area contributed by atoms with E-state index in [2.05, 4.69) is 13.3 Å². The van der Waals surface area contributed by atoms with Crippen molar-refractivity contribution in [3.8, 4) is 0 Å². The van der Waals surface area contributed by atoms with Gasteiger partial charge in [0.15, 0.2) is 0 Å². The van der Waals surface area contributed by atoms with Gasteiger partial charge in [-0.25, -0.2) is 0 Å². The highest BCUT2D eigenvalue weighted by atomic mass is 14.1. The van der Waals surface area contributed by atoms with E-state index in [0.717, 1.165) is 5.92 Å². The van der Waals surface area contributed by atoms with Crippen LogP contribution in [0.4, 0.5) is 0 Å². The van der Waals surface area contributed by atoms with E-state index in [4.69, 9.17) is 0 Å². The lowest BCUT2D eigenvalue weighted by atomic mass is 10.2.